The number of carbonyl (C=O) groups is 1. The average Bonchev–Trinajstić information content (AvgIpc) is 3.35. The zero-order chi connectivity index (χ0) is 25.2. The summed E-state index contributed by atoms with van der Waals surface area (Å²) in [4.78, 5) is 18.5. The molecular formula is C23H22F5N5O2. The Bertz CT molecular complexity index is 1170. The summed E-state index contributed by atoms with van der Waals surface area (Å²) in [5.74, 6) is -3.27. The summed E-state index contributed by atoms with van der Waals surface area (Å²) in [6.07, 6.45) is -4.82. The SMILES string of the molecule is CCN1CCN(C(=O)N(Cc2ccc(-c3nnc(C(F)(F)F)o3)cc2F)c2ccc(F)cc2)CC1. The predicted octanol–water partition coefficient (Wildman–Crippen LogP) is 4.80. The van der Waals surface area contributed by atoms with Gasteiger partial charge in [0.25, 0.3) is 0 Å². The van der Waals surface area contributed by atoms with Crippen molar-refractivity contribution >= 4 is 11.7 Å². The highest BCUT2D eigenvalue weighted by Crippen LogP contribution is 2.31. The number of likely N-dealkylation sites (N-methyl/N-ethyl adjacent to an activating group) is 1. The number of carbonyl (C=O) groups excluding carboxylic acids is 1. The molecule has 1 aliphatic rings. The van der Waals surface area contributed by atoms with E-state index in [4.69, 9.17) is 0 Å². The number of halogens is 5. The maximum atomic E-state index is 15.0. The first-order valence-electron chi connectivity index (χ1n) is 10.9. The molecule has 2 heterocycles. The van der Waals surface area contributed by atoms with Gasteiger partial charge in [-0.15, -0.1) is 10.2 Å². The lowest BCUT2D eigenvalue weighted by atomic mass is 10.1. The highest BCUT2D eigenvalue weighted by Gasteiger charge is 2.38. The molecule has 0 bridgehead atoms. The molecule has 1 aromatic heterocycles. The lowest BCUT2D eigenvalue weighted by molar-refractivity contribution is -0.156. The van der Waals surface area contributed by atoms with Gasteiger partial charge in [-0.25, -0.2) is 13.6 Å². The normalized spacial score (nSPS) is 14.9. The van der Waals surface area contributed by atoms with Gasteiger partial charge < -0.3 is 14.2 Å². The smallest absolute Gasteiger partial charge is 0.413 e. The molecule has 12 heteroatoms. The predicted molar refractivity (Wildman–Crippen MR) is 116 cm³/mol. The van der Waals surface area contributed by atoms with Gasteiger partial charge in [-0.3, -0.25) is 4.90 Å². The van der Waals surface area contributed by atoms with Crippen LogP contribution in [0.25, 0.3) is 11.5 Å². The second kappa shape index (κ2) is 9.98. The molecule has 1 saturated heterocycles. The van der Waals surface area contributed by atoms with Crippen LogP contribution in [0, 0.1) is 11.6 Å². The fraction of sp³-hybridized carbons (Fsp3) is 0.348. The maximum absolute atomic E-state index is 15.0. The van der Waals surface area contributed by atoms with Gasteiger partial charge in [-0.2, -0.15) is 13.2 Å². The zero-order valence-corrected chi connectivity index (χ0v) is 18.7. The standard InChI is InChI=1S/C23H22F5N5O2/c1-2-31-9-11-32(12-10-31)22(34)33(18-7-5-17(24)6-8-18)14-16-4-3-15(13-19(16)25)20-29-30-21(35-20)23(26,27)28/h3-8,13H,2,9-12,14H2,1H3. The number of hydrogen-bond acceptors (Lipinski definition) is 5. The first-order chi connectivity index (χ1) is 16.7. The number of benzene rings is 2. The second-order valence-electron chi connectivity index (χ2n) is 7.98. The molecule has 0 N–H and O–H groups in total. The third-order valence-electron chi connectivity index (χ3n) is 5.76. The molecule has 0 aliphatic carbocycles. The van der Waals surface area contributed by atoms with E-state index >= 15 is 0 Å². The molecule has 4 rings (SSSR count). The van der Waals surface area contributed by atoms with Crippen LogP contribution in [-0.2, 0) is 12.7 Å². The van der Waals surface area contributed by atoms with Gasteiger partial charge in [0.2, 0.25) is 5.89 Å². The van der Waals surface area contributed by atoms with Crippen LogP contribution >= 0.6 is 0 Å². The van der Waals surface area contributed by atoms with Crippen LogP contribution in [0.3, 0.4) is 0 Å². The fourth-order valence-corrected chi connectivity index (χ4v) is 3.75. The van der Waals surface area contributed by atoms with Crippen molar-refractivity contribution in [3.63, 3.8) is 0 Å². The molecule has 2 amide bonds. The summed E-state index contributed by atoms with van der Waals surface area (Å²) in [7, 11) is 0. The van der Waals surface area contributed by atoms with Gasteiger partial charge in [-0.1, -0.05) is 13.0 Å². The Morgan fingerprint density at radius 2 is 1.71 bits per heavy atom. The van der Waals surface area contributed by atoms with Crippen molar-refractivity contribution in [1.82, 2.24) is 20.0 Å². The van der Waals surface area contributed by atoms with Crippen molar-refractivity contribution in [3.8, 4) is 11.5 Å². The summed E-state index contributed by atoms with van der Waals surface area (Å²) >= 11 is 0. The molecule has 35 heavy (non-hydrogen) atoms. The average molecular weight is 495 g/mol. The lowest BCUT2D eigenvalue weighted by Crippen LogP contribution is -2.52. The van der Waals surface area contributed by atoms with E-state index in [0.717, 1.165) is 12.6 Å². The second-order valence-corrected chi connectivity index (χ2v) is 7.98. The third kappa shape index (κ3) is 5.59. The van der Waals surface area contributed by atoms with E-state index in [9.17, 15) is 26.7 Å². The highest BCUT2D eigenvalue weighted by molar-refractivity contribution is 5.92. The van der Waals surface area contributed by atoms with Crippen LogP contribution in [0.4, 0.5) is 32.4 Å². The van der Waals surface area contributed by atoms with E-state index in [0.29, 0.717) is 31.9 Å². The van der Waals surface area contributed by atoms with E-state index in [1.807, 2.05) is 6.92 Å². The molecule has 0 unspecified atom stereocenters. The van der Waals surface area contributed by atoms with E-state index in [-0.39, 0.29) is 23.7 Å². The molecule has 7 nitrogen and oxygen atoms in total. The monoisotopic (exact) mass is 495 g/mol. The topological polar surface area (TPSA) is 65.7 Å². The quantitative estimate of drug-likeness (QED) is 0.476. The highest BCUT2D eigenvalue weighted by atomic mass is 19.4. The Balaban J connectivity index is 1.58. The van der Waals surface area contributed by atoms with Crippen molar-refractivity contribution in [3.05, 3.63) is 65.6 Å². The number of anilines is 1. The Morgan fingerprint density at radius 3 is 2.29 bits per heavy atom. The van der Waals surface area contributed by atoms with Crippen molar-refractivity contribution in [1.29, 1.82) is 0 Å². The molecule has 1 aliphatic heterocycles. The first-order valence-corrected chi connectivity index (χ1v) is 10.9. The van der Waals surface area contributed by atoms with Crippen LogP contribution in [0.15, 0.2) is 46.9 Å². The van der Waals surface area contributed by atoms with Crippen molar-refractivity contribution in [2.24, 2.45) is 0 Å². The Labute approximate surface area is 197 Å². The number of hydrogen-bond donors (Lipinski definition) is 0. The van der Waals surface area contributed by atoms with Gasteiger partial charge >= 0.3 is 18.1 Å². The lowest BCUT2D eigenvalue weighted by Gasteiger charge is -2.37. The minimum absolute atomic E-state index is 0.0374. The van der Waals surface area contributed by atoms with Crippen molar-refractivity contribution in [2.45, 2.75) is 19.6 Å². The number of rotatable bonds is 5. The molecule has 3 aromatic rings. The van der Waals surface area contributed by atoms with Gasteiger partial charge in [-0.05, 0) is 42.9 Å². The summed E-state index contributed by atoms with van der Waals surface area (Å²) in [6, 6.07) is 8.55. The van der Waals surface area contributed by atoms with Gasteiger partial charge in [0, 0.05) is 43.0 Å². The Hall–Kier alpha value is -3.54. The van der Waals surface area contributed by atoms with Crippen LogP contribution in [0.5, 0.6) is 0 Å². The van der Waals surface area contributed by atoms with Crippen LogP contribution in [0.1, 0.15) is 18.4 Å². The number of amides is 2. The zero-order valence-electron chi connectivity index (χ0n) is 18.7. The molecule has 186 valence electrons. The molecule has 2 aromatic carbocycles. The summed E-state index contributed by atoms with van der Waals surface area (Å²) in [5.41, 5.74) is 0.447. The Morgan fingerprint density at radius 1 is 1.03 bits per heavy atom. The van der Waals surface area contributed by atoms with Crippen LogP contribution in [-0.4, -0.2) is 58.8 Å². The minimum atomic E-state index is -4.82. The third-order valence-corrected chi connectivity index (χ3v) is 5.76. The molecule has 0 atom stereocenters. The molecule has 0 saturated carbocycles. The summed E-state index contributed by atoms with van der Waals surface area (Å²) in [6.45, 7) is 5.11. The number of piperazine rings is 1. The summed E-state index contributed by atoms with van der Waals surface area (Å²) in [5, 5.41) is 6.27. The van der Waals surface area contributed by atoms with E-state index in [2.05, 4.69) is 19.5 Å². The van der Waals surface area contributed by atoms with Gasteiger partial charge in [0.15, 0.2) is 0 Å². The minimum Gasteiger partial charge on any atom is -0.413 e. The number of urea groups is 1. The van der Waals surface area contributed by atoms with Crippen molar-refractivity contribution < 1.29 is 31.2 Å². The largest absolute Gasteiger partial charge is 0.470 e. The van der Waals surface area contributed by atoms with Crippen molar-refractivity contribution in [2.75, 3.05) is 37.6 Å². The fourth-order valence-electron chi connectivity index (χ4n) is 3.75. The molecule has 1 fully saturated rings. The number of aromatic nitrogens is 2. The molecule has 0 spiro atoms. The van der Waals surface area contributed by atoms with Crippen LogP contribution in [0.2, 0.25) is 0 Å². The Kier molecular flexibility index (Phi) is 7.01. The van der Waals surface area contributed by atoms with E-state index in [1.54, 1.807) is 4.90 Å². The van der Waals surface area contributed by atoms with E-state index < -0.39 is 29.6 Å². The number of alkyl halides is 3. The van der Waals surface area contributed by atoms with Gasteiger partial charge in [0.05, 0.1) is 6.54 Å². The molecule has 0 radical (unpaired) electrons. The maximum Gasteiger partial charge on any atom is 0.470 e. The number of nitrogens with zero attached hydrogens (tertiary/aromatic N) is 5. The molecular weight excluding hydrogens is 473 g/mol. The first kappa shape index (κ1) is 24.6. The van der Waals surface area contributed by atoms with E-state index in [1.165, 1.54) is 41.3 Å². The van der Waals surface area contributed by atoms with Crippen LogP contribution < -0.4 is 4.90 Å². The summed E-state index contributed by atoms with van der Waals surface area (Å²) < 4.78 is 71.2. The van der Waals surface area contributed by atoms with Gasteiger partial charge in [0.1, 0.15) is 11.6 Å².